The number of piperidine rings is 1. The number of benzene rings is 1. The molecule has 0 unspecified atom stereocenters. The van der Waals surface area contributed by atoms with Crippen molar-refractivity contribution < 1.29 is 19.1 Å². The lowest BCUT2D eigenvalue weighted by Crippen LogP contribution is -2.49. The van der Waals surface area contributed by atoms with Gasteiger partial charge in [0.2, 0.25) is 0 Å². The summed E-state index contributed by atoms with van der Waals surface area (Å²) in [5.74, 6) is 1.05. The second-order valence-corrected chi connectivity index (χ2v) is 8.34. The van der Waals surface area contributed by atoms with Gasteiger partial charge in [0, 0.05) is 12.2 Å². The Labute approximate surface area is 178 Å². The molecule has 0 bridgehead atoms. The maximum Gasteiger partial charge on any atom is 0.338 e. The van der Waals surface area contributed by atoms with Crippen molar-refractivity contribution in [1.82, 2.24) is 15.5 Å². The van der Waals surface area contributed by atoms with Crippen LogP contribution in [-0.2, 0) is 9.53 Å². The summed E-state index contributed by atoms with van der Waals surface area (Å²) in [6.07, 6.45) is 2.31. The van der Waals surface area contributed by atoms with Crippen LogP contribution in [0.4, 0.5) is 4.79 Å². The van der Waals surface area contributed by atoms with E-state index in [0.717, 1.165) is 37.2 Å². The van der Waals surface area contributed by atoms with Crippen LogP contribution in [0.15, 0.2) is 35.5 Å². The molecule has 2 N–H and O–H groups in total. The summed E-state index contributed by atoms with van der Waals surface area (Å²) in [5.41, 5.74) is 1.90. The van der Waals surface area contributed by atoms with Gasteiger partial charge in [0.25, 0.3) is 0 Å². The molecule has 0 aromatic heterocycles. The third-order valence-corrected chi connectivity index (χ3v) is 5.49. The van der Waals surface area contributed by atoms with Gasteiger partial charge in [-0.3, -0.25) is 4.90 Å². The van der Waals surface area contributed by atoms with Gasteiger partial charge in [-0.15, -0.1) is 0 Å². The van der Waals surface area contributed by atoms with E-state index in [-0.39, 0.29) is 18.7 Å². The van der Waals surface area contributed by atoms with Crippen molar-refractivity contribution in [3.8, 4) is 5.75 Å². The van der Waals surface area contributed by atoms with Gasteiger partial charge < -0.3 is 20.1 Å². The molecule has 2 aliphatic rings. The van der Waals surface area contributed by atoms with Crippen molar-refractivity contribution >= 4 is 12.0 Å². The van der Waals surface area contributed by atoms with E-state index in [1.807, 2.05) is 38.1 Å². The number of urea groups is 1. The molecular weight excluding hydrogens is 382 g/mol. The van der Waals surface area contributed by atoms with E-state index in [0.29, 0.717) is 23.7 Å². The minimum Gasteiger partial charge on any atom is -0.491 e. The molecule has 1 atom stereocenters. The van der Waals surface area contributed by atoms with E-state index < -0.39 is 12.0 Å². The Morgan fingerprint density at radius 2 is 1.87 bits per heavy atom. The highest BCUT2D eigenvalue weighted by Gasteiger charge is 2.34. The van der Waals surface area contributed by atoms with Crippen molar-refractivity contribution in [1.29, 1.82) is 0 Å². The van der Waals surface area contributed by atoms with Crippen LogP contribution < -0.4 is 15.4 Å². The van der Waals surface area contributed by atoms with Crippen molar-refractivity contribution in [3.63, 3.8) is 0 Å². The van der Waals surface area contributed by atoms with Gasteiger partial charge in [-0.1, -0.05) is 19.1 Å². The molecule has 1 aromatic rings. The first-order valence-corrected chi connectivity index (χ1v) is 10.8. The monoisotopic (exact) mass is 415 g/mol. The Kier molecular flexibility index (Phi) is 7.37. The van der Waals surface area contributed by atoms with Crippen molar-refractivity contribution in [2.24, 2.45) is 5.92 Å². The predicted molar refractivity (Wildman–Crippen MR) is 115 cm³/mol. The number of nitrogens with one attached hydrogen (secondary N) is 2. The molecule has 1 fully saturated rings. The van der Waals surface area contributed by atoms with E-state index in [9.17, 15) is 9.59 Å². The molecule has 0 aliphatic carbocycles. The summed E-state index contributed by atoms with van der Waals surface area (Å²) in [4.78, 5) is 27.6. The van der Waals surface area contributed by atoms with Crippen molar-refractivity contribution in [2.75, 3.05) is 26.2 Å². The molecule has 1 aromatic carbocycles. The van der Waals surface area contributed by atoms with Gasteiger partial charge in [0.05, 0.1) is 24.3 Å². The average molecular weight is 416 g/mol. The van der Waals surface area contributed by atoms with Crippen LogP contribution in [0.2, 0.25) is 0 Å². The quantitative estimate of drug-likeness (QED) is 0.668. The summed E-state index contributed by atoms with van der Waals surface area (Å²) >= 11 is 0. The zero-order valence-electron chi connectivity index (χ0n) is 18.4. The van der Waals surface area contributed by atoms with Gasteiger partial charge in [-0.25, -0.2) is 9.59 Å². The van der Waals surface area contributed by atoms with Crippen molar-refractivity contribution in [3.05, 3.63) is 41.1 Å². The first kappa shape index (κ1) is 22.2. The standard InChI is InChI=1S/C23H33N3O4/c1-5-29-22(27)20-19(14-26-12-10-16(4)11-13-26)24-23(28)25-21(20)17-6-8-18(9-7-17)30-15(2)3/h6-9,15-16,21H,5,10-14H2,1-4H3,(H2,24,25,28)/t21-/m1/s1. The Balaban J connectivity index is 1.91. The summed E-state index contributed by atoms with van der Waals surface area (Å²) in [6.45, 7) is 10.7. The van der Waals surface area contributed by atoms with Gasteiger partial charge in [0.15, 0.2) is 0 Å². The number of rotatable bonds is 7. The zero-order valence-corrected chi connectivity index (χ0v) is 18.4. The first-order valence-electron chi connectivity index (χ1n) is 10.8. The third-order valence-electron chi connectivity index (χ3n) is 5.49. The minimum absolute atomic E-state index is 0.0725. The van der Waals surface area contributed by atoms with Gasteiger partial charge in [-0.05, 0) is 70.3 Å². The van der Waals surface area contributed by atoms with E-state index in [4.69, 9.17) is 9.47 Å². The number of esters is 1. The number of nitrogens with zero attached hydrogens (tertiary/aromatic N) is 1. The maximum atomic E-state index is 12.9. The molecule has 1 saturated heterocycles. The summed E-state index contributed by atoms with van der Waals surface area (Å²) in [7, 11) is 0. The molecule has 7 nitrogen and oxygen atoms in total. The van der Waals surface area contributed by atoms with E-state index in [1.54, 1.807) is 6.92 Å². The van der Waals surface area contributed by atoms with Crippen LogP contribution in [0.3, 0.4) is 0 Å². The molecular formula is C23H33N3O4. The molecule has 30 heavy (non-hydrogen) atoms. The highest BCUT2D eigenvalue weighted by Crippen LogP contribution is 2.30. The fourth-order valence-electron chi connectivity index (χ4n) is 3.90. The number of hydrogen-bond acceptors (Lipinski definition) is 5. The number of ether oxygens (including phenoxy) is 2. The van der Waals surface area contributed by atoms with Crippen LogP contribution in [0, 0.1) is 5.92 Å². The van der Waals surface area contributed by atoms with E-state index in [2.05, 4.69) is 22.5 Å². The Morgan fingerprint density at radius 1 is 1.20 bits per heavy atom. The SMILES string of the molecule is CCOC(=O)C1=C(CN2CCC(C)CC2)NC(=O)N[C@@H]1c1ccc(OC(C)C)cc1. The Hall–Kier alpha value is -2.54. The molecule has 0 radical (unpaired) electrons. The van der Waals surface area contributed by atoms with Crippen LogP contribution in [0.5, 0.6) is 5.75 Å². The molecule has 0 spiro atoms. The number of likely N-dealkylation sites (tertiary alicyclic amines) is 1. The van der Waals surface area contributed by atoms with Gasteiger partial charge in [0.1, 0.15) is 5.75 Å². The molecule has 164 valence electrons. The number of carbonyl (C=O) groups is 2. The maximum absolute atomic E-state index is 12.9. The van der Waals surface area contributed by atoms with Crippen molar-refractivity contribution in [2.45, 2.75) is 52.7 Å². The topological polar surface area (TPSA) is 79.9 Å². The fraction of sp³-hybridized carbons (Fsp3) is 0.565. The summed E-state index contributed by atoms with van der Waals surface area (Å²) in [6, 6.07) is 6.61. The molecule has 2 aliphatic heterocycles. The van der Waals surface area contributed by atoms with Crippen LogP contribution in [-0.4, -0.2) is 49.2 Å². The fourth-order valence-corrected chi connectivity index (χ4v) is 3.90. The van der Waals surface area contributed by atoms with Gasteiger partial charge in [-0.2, -0.15) is 0 Å². The van der Waals surface area contributed by atoms with Crippen LogP contribution >= 0.6 is 0 Å². The second kappa shape index (κ2) is 9.98. The van der Waals surface area contributed by atoms with E-state index >= 15 is 0 Å². The molecule has 0 saturated carbocycles. The lowest BCUT2D eigenvalue weighted by Gasteiger charge is -2.34. The second-order valence-electron chi connectivity index (χ2n) is 8.34. The Bertz CT molecular complexity index is 780. The number of hydrogen-bond donors (Lipinski definition) is 2. The lowest BCUT2D eigenvalue weighted by atomic mass is 9.94. The van der Waals surface area contributed by atoms with E-state index in [1.165, 1.54) is 0 Å². The normalized spacial score (nSPS) is 20.7. The molecule has 2 heterocycles. The highest BCUT2D eigenvalue weighted by atomic mass is 16.5. The van der Waals surface area contributed by atoms with Gasteiger partial charge >= 0.3 is 12.0 Å². The smallest absolute Gasteiger partial charge is 0.338 e. The Morgan fingerprint density at radius 3 is 2.47 bits per heavy atom. The van der Waals surface area contributed by atoms with Crippen LogP contribution in [0.25, 0.3) is 0 Å². The number of carbonyl (C=O) groups excluding carboxylic acids is 2. The predicted octanol–water partition coefficient (Wildman–Crippen LogP) is 3.38. The highest BCUT2D eigenvalue weighted by molar-refractivity contribution is 5.95. The molecule has 7 heteroatoms. The third kappa shape index (κ3) is 5.53. The molecule has 3 rings (SSSR count). The zero-order chi connectivity index (χ0) is 21.7. The summed E-state index contributed by atoms with van der Waals surface area (Å²) in [5, 5.41) is 5.75. The molecule has 2 amide bonds. The first-order chi connectivity index (χ1) is 14.4. The lowest BCUT2D eigenvalue weighted by molar-refractivity contribution is -0.139. The largest absolute Gasteiger partial charge is 0.491 e. The minimum atomic E-state index is -0.565. The van der Waals surface area contributed by atoms with Crippen LogP contribution in [0.1, 0.15) is 52.1 Å². The number of amides is 2. The average Bonchev–Trinajstić information content (AvgIpc) is 2.69. The summed E-state index contributed by atoms with van der Waals surface area (Å²) < 4.78 is 11.1.